The fourth-order valence-corrected chi connectivity index (χ4v) is 3.34. The molecule has 9 heteroatoms. The van der Waals surface area contributed by atoms with Crippen molar-refractivity contribution in [2.24, 2.45) is 0 Å². The molecule has 1 aromatic carbocycles. The first-order chi connectivity index (χ1) is 9.78. The van der Waals surface area contributed by atoms with Crippen LogP contribution in [-0.2, 0) is 19.6 Å². The minimum Gasteiger partial charge on any atom is -0.383 e. The van der Waals surface area contributed by atoms with Crippen LogP contribution >= 0.6 is 23.2 Å². The van der Waals surface area contributed by atoms with Crippen LogP contribution in [0, 0.1) is 0 Å². The predicted octanol–water partition coefficient (Wildman–Crippen LogP) is 1.38. The monoisotopic (exact) mass is 354 g/mol. The van der Waals surface area contributed by atoms with Crippen LogP contribution in [-0.4, -0.2) is 52.5 Å². The van der Waals surface area contributed by atoms with Crippen molar-refractivity contribution in [3.8, 4) is 0 Å². The summed E-state index contributed by atoms with van der Waals surface area (Å²) in [5.74, 6) is -0.434. The molecule has 0 aliphatic rings. The number of amides is 1. The van der Waals surface area contributed by atoms with Crippen LogP contribution in [0.1, 0.15) is 0 Å². The smallest absolute Gasteiger partial charge is 0.244 e. The summed E-state index contributed by atoms with van der Waals surface area (Å²) >= 11 is 11.7. The van der Waals surface area contributed by atoms with Crippen LogP contribution < -0.4 is 5.32 Å². The van der Waals surface area contributed by atoms with E-state index in [1.54, 1.807) is 0 Å². The molecular weight excluding hydrogens is 339 g/mol. The number of nitrogens with zero attached hydrogens (tertiary/aromatic N) is 1. The number of nitrogens with one attached hydrogen (secondary N) is 1. The zero-order valence-electron chi connectivity index (χ0n) is 11.6. The van der Waals surface area contributed by atoms with Gasteiger partial charge in [0.2, 0.25) is 15.9 Å². The van der Waals surface area contributed by atoms with Crippen LogP contribution in [0.25, 0.3) is 0 Å². The lowest BCUT2D eigenvalue weighted by molar-refractivity contribution is -0.121. The number of carbonyl (C=O) groups is 1. The maximum atomic E-state index is 12.3. The number of rotatable bonds is 7. The molecule has 0 heterocycles. The van der Waals surface area contributed by atoms with Gasteiger partial charge in [-0.15, -0.1) is 0 Å². The normalized spacial score (nSPS) is 11.7. The van der Waals surface area contributed by atoms with Crippen molar-refractivity contribution in [1.82, 2.24) is 9.62 Å². The summed E-state index contributed by atoms with van der Waals surface area (Å²) < 4.78 is 30.4. The van der Waals surface area contributed by atoms with Crippen LogP contribution in [0.15, 0.2) is 23.1 Å². The average molecular weight is 355 g/mol. The number of sulfonamides is 1. The minimum absolute atomic E-state index is 0.0473. The van der Waals surface area contributed by atoms with Crippen molar-refractivity contribution in [3.05, 3.63) is 28.2 Å². The van der Waals surface area contributed by atoms with Gasteiger partial charge in [-0.05, 0) is 18.2 Å². The van der Waals surface area contributed by atoms with Crippen molar-refractivity contribution in [2.45, 2.75) is 4.90 Å². The number of halogens is 2. The highest BCUT2D eigenvalue weighted by Crippen LogP contribution is 2.26. The Bertz CT molecular complexity index is 607. The van der Waals surface area contributed by atoms with Gasteiger partial charge in [0.15, 0.2) is 0 Å². The van der Waals surface area contributed by atoms with E-state index in [0.717, 1.165) is 4.31 Å². The second kappa shape index (κ2) is 7.95. The SMILES string of the molecule is COCCNC(=O)CN(C)S(=O)(=O)c1cc(Cl)ccc1Cl. The van der Waals surface area contributed by atoms with E-state index in [-0.39, 0.29) is 21.5 Å². The van der Waals surface area contributed by atoms with Gasteiger partial charge in [-0.25, -0.2) is 8.42 Å². The molecule has 1 aromatic rings. The van der Waals surface area contributed by atoms with Crippen molar-refractivity contribution >= 4 is 39.1 Å². The molecule has 0 aromatic heterocycles. The molecule has 6 nitrogen and oxygen atoms in total. The summed E-state index contributed by atoms with van der Waals surface area (Å²) in [6, 6.07) is 4.13. The van der Waals surface area contributed by atoms with E-state index < -0.39 is 15.9 Å². The highest BCUT2D eigenvalue weighted by atomic mass is 35.5. The third-order valence-electron chi connectivity index (χ3n) is 2.58. The Labute approximate surface area is 134 Å². The number of hydrogen-bond donors (Lipinski definition) is 1. The summed E-state index contributed by atoms with van der Waals surface area (Å²) in [4.78, 5) is 11.5. The molecule has 0 atom stereocenters. The lowest BCUT2D eigenvalue weighted by Gasteiger charge is -2.17. The van der Waals surface area contributed by atoms with Crippen LogP contribution in [0.2, 0.25) is 10.0 Å². The van der Waals surface area contributed by atoms with E-state index in [1.165, 1.54) is 32.4 Å². The summed E-state index contributed by atoms with van der Waals surface area (Å²) in [6.45, 7) is 0.332. The van der Waals surface area contributed by atoms with Crippen molar-refractivity contribution in [2.75, 3.05) is 33.9 Å². The number of hydrogen-bond acceptors (Lipinski definition) is 4. The maximum Gasteiger partial charge on any atom is 0.244 e. The van der Waals surface area contributed by atoms with Crippen molar-refractivity contribution < 1.29 is 17.9 Å². The van der Waals surface area contributed by atoms with Gasteiger partial charge in [0.25, 0.3) is 0 Å². The van der Waals surface area contributed by atoms with Crippen LogP contribution in [0.5, 0.6) is 0 Å². The summed E-state index contributed by atoms with van der Waals surface area (Å²) in [7, 11) is -1.09. The molecule has 0 bridgehead atoms. The lowest BCUT2D eigenvalue weighted by atomic mass is 10.4. The Hall–Kier alpha value is -0.860. The Morgan fingerprint density at radius 2 is 2.05 bits per heavy atom. The zero-order valence-corrected chi connectivity index (χ0v) is 13.9. The van der Waals surface area contributed by atoms with Gasteiger partial charge >= 0.3 is 0 Å². The van der Waals surface area contributed by atoms with Crippen molar-refractivity contribution in [1.29, 1.82) is 0 Å². The van der Waals surface area contributed by atoms with Gasteiger partial charge in [0.1, 0.15) is 4.90 Å². The van der Waals surface area contributed by atoms with Gasteiger partial charge in [-0.2, -0.15) is 4.31 Å². The van der Waals surface area contributed by atoms with Gasteiger partial charge in [0.05, 0.1) is 18.2 Å². The molecule has 0 aliphatic carbocycles. The van der Waals surface area contributed by atoms with E-state index in [0.29, 0.717) is 13.2 Å². The zero-order chi connectivity index (χ0) is 16.0. The molecule has 0 unspecified atom stereocenters. The Morgan fingerprint density at radius 3 is 2.67 bits per heavy atom. The molecule has 0 saturated heterocycles. The summed E-state index contributed by atoms with van der Waals surface area (Å²) in [5, 5.41) is 2.83. The third kappa shape index (κ3) is 5.12. The Balaban J connectivity index is 2.82. The molecule has 0 radical (unpaired) electrons. The van der Waals surface area contributed by atoms with Gasteiger partial charge in [-0.3, -0.25) is 4.79 Å². The van der Waals surface area contributed by atoms with E-state index >= 15 is 0 Å². The number of carbonyl (C=O) groups excluding carboxylic acids is 1. The van der Waals surface area contributed by atoms with Crippen molar-refractivity contribution in [3.63, 3.8) is 0 Å². The van der Waals surface area contributed by atoms with Gasteiger partial charge in [0, 0.05) is 25.7 Å². The highest BCUT2D eigenvalue weighted by Gasteiger charge is 2.25. The van der Waals surface area contributed by atoms with E-state index in [2.05, 4.69) is 5.32 Å². The maximum absolute atomic E-state index is 12.3. The standard InChI is InChI=1S/C12H16Cl2N2O4S/c1-16(8-12(17)15-5-6-20-2)21(18,19)11-7-9(13)3-4-10(11)14/h3-4,7H,5-6,8H2,1-2H3,(H,15,17). The number of ether oxygens (including phenoxy) is 1. The molecule has 1 N–H and O–H groups in total. The molecular formula is C12H16Cl2N2O4S. The number of benzene rings is 1. The molecule has 0 aliphatic heterocycles. The second-order valence-corrected chi connectivity index (χ2v) is 7.04. The quantitative estimate of drug-likeness (QED) is 0.750. The fraction of sp³-hybridized carbons (Fsp3) is 0.417. The molecule has 21 heavy (non-hydrogen) atoms. The van der Waals surface area contributed by atoms with Crippen LogP contribution in [0.4, 0.5) is 0 Å². The average Bonchev–Trinajstić information content (AvgIpc) is 2.41. The van der Waals surface area contributed by atoms with Gasteiger partial charge < -0.3 is 10.1 Å². The molecule has 0 spiro atoms. The fourth-order valence-electron chi connectivity index (χ4n) is 1.48. The molecule has 1 rings (SSSR count). The Kier molecular flexibility index (Phi) is 6.89. The largest absolute Gasteiger partial charge is 0.383 e. The highest BCUT2D eigenvalue weighted by molar-refractivity contribution is 7.89. The number of likely N-dealkylation sites (N-methyl/N-ethyl adjacent to an activating group) is 1. The van der Waals surface area contributed by atoms with Crippen LogP contribution in [0.3, 0.4) is 0 Å². The lowest BCUT2D eigenvalue weighted by Crippen LogP contribution is -2.39. The molecule has 0 fully saturated rings. The minimum atomic E-state index is -3.89. The first-order valence-electron chi connectivity index (χ1n) is 5.96. The third-order valence-corrected chi connectivity index (χ3v) is 5.10. The summed E-state index contributed by atoms with van der Waals surface area (Å²) in [6.07, 6.45) is 0. The second-order valence-electron chi connectivity index (χ2n) is 4.18. The number of methoxy groups -OCH3 is 1. The summed E-state index contributed by atoms with van der Waals surface area (Å²) in [5.41, 5.74) is 0. The van der Waals surface area contributed by atoms with E-state index in [1.807, 2.05) is 0 Å². The first-order valence-corrected chi connectivity index (χ1v) is 8.15. The molecule has 0 saturated carbocycles. The predicted molar refractivity (Wildman–Crippen MR) is 81.2 cm³/mol. The topological polar surface area (TPSA) is 75.7 Å². The first kappa shape index (κ1) is 18.2. The van der Waals surface area contributed by atoms with E-state index in [4.69, 9.17) is 27.9 Å². The molecule has 1 amide bonds. The molecule has 118 valence electrons. The van der Waals surface area contributed by atoms with E-state index in [9.17, 15) is 13.2 Å². The Morgan fingerprint density at radius 1 is 1.38 bits per heavy atom. The van der Waals surface area contributed by atoms with Gasteiger partial charge in [-0.1, -0.05) is 23.2 Å².